The van der Waals surface area contributed by atoms with Crippen LogP contribution in [0.2, 0.25) is 5.02 Å². The van der Waals surface area contributed by atoms with E-state index in [1.54, 1.807) is 42.5 Å². The average molecular weight is 382 g/mol. The molecule has 0 unspecified atom stereocenters. The maximum Gasteiger partial charge on any atom is 0.266 e. The Morgan fingerprint density at radius 3 is 2.74 bits per heavy atom. The highest BCUT2D eigenvalue weighted by Gasteiger charge is 2.14. The third-order valence-corrected chi connectivity index (χ3v) is 3.94. The lowest BCUT2D eigenvalue weighted by Gasteiger charge is -2.05. The van der Waals surface area contributed by atoms with Gasteiger partial charge in [-0.25, -0.2) is 4.39 Å². The van der Waals surface area contributed by atoms with Crippen molar-refractivity contribution in [3.8, 4) is 17.3 Å². The van der Waals surface area contributed by atoms with Crippen molar-refractivity contribution in [3.05, 3.63) is 70.9 Å². The van der Waals surface area contributed by atoms with Crippen LogP contribution in [-0.2, 0) is 11.8 Å². The summed E-state index contributed by atoms with van der Waals surface area (Å²) in [6.45, 7) is 0. The van der Waals surface area contributed by atoms with Gasteiger partial charge in [0.25, 0.3) is 5.91 Å². The molecule has 8 heteroatoms. The molecule has 1 N–H and O–H groups in total. The maximum atomic E-state index is 13.2. The Morgan fingerprint density at radius 1 is 1.33 bits per heavy atom. The quantitative estimate of drug-likeness (QED) is 0.550. The molecular weight excluding hydrogens is 369 g/mol. The number of nitriles is 1. The van der Waals surface area contributed by atoms with Gasteiger partial charge in [-0.15, -0.1) is 0 Å². The van der Waals surface area contributed by atoms with Gasteiger partial charge in [-0.2, -0.15) is 10.4 Å². The fourth-order valence-corrected chi connectivity index (χ4v) is 2.60. The number of benzene rings is 1. The van der Waals surface area contributed by atoms with Crippen LogP contribution in [0.5, 0.6) is 0 Å². The summed E-state index contributed by atoms with van der Waals surface area (Å²) in [6, 6.07) is 9.22. The van der Waals surface area contributed by atoms with Crippen molar-refractivity contribution in [1.82, 2.24) is 14.8 Å². The number of anilines is 1. The summed E-state index contributed by atoms with van der Waals surface area (Å²) in [4.78, 5) is 16.4. The van der Waals surface area contributed by atoms with Crippen LogP contribution >= 0.6 is 11.6 Å². The third-order valence-electron chi connectivity index (χ3n) is 3.65. The number of rotatable bonds is 4. The van der Waals surface area contributed by atoms with E-state index in [0.717, 1.165) is 11.6 Å². The van der Waals surface area contributed by atoms with Gasteiger partial charge in [-0.05, 0) is 36.4 Å². The lowest BCUT2D eigenvalue weighted by atomic mass is 10.1. The van der Waals surface area contributed by atoms with Gasteiger partial charge in [0.2, 0.25) is 0 Å². The molecule has 3 rings (SSSR count). The molecule has 0 spiro atoms. The first kappa shape index (κ1) is 18.3. The predicted molar refractivity (Wildman–Crippen MR) is 100 cm³/mol. The van der Waals surface area contributed by atoms with Gasteiger partial charge in [0.15, 0.2) is 0 Å². The fourth-order valence-electron chi connectivity index (χ4n) is 2.42. The number of carbonyl (C=O) groups is 1. The number of hydrogen-bond donors (Lipinski definition) is 1. The van der Waals surface area contributed by atoms with Gasteiger partial charge in [0.05, 0.1) is 10.7 Å². The molecule has 2 heterocycles. The Kier molecular flexibility index (Phi) is 5.29. The van der Waals surface area contributed by atoms with Gasteiger partial charge in [-0.3, -0.25) is 14.5 Å². The van der Waals surface area contributed by atoms with Crippen molar-refractivity contribution >= 4 is 29.3 Å². The number of aromatic nitrogens is 3. The number of aryl methyl sites for hydroxylation is 1. The number of nitrogens with zero attached hydrogens (tertiary/aromatic N) is 4. The highest BCUT2D eigenvalue weighted by Crippen LogP contribution is 2.24. The van der Waals surface area contributed by atoms with Crippen LogP contribution in [0.3, 0.4) is 0 Å². The zero-order valence-corrected chi connectivity index (χ0v) is 14.9. The number of halogens is 2. The summed E-state index contributed by atoms with van der Waals surface area (Å²) < 4.78 is 14.8. The van der Waals surface area contributed by atoms with Crippen LogP contribution in [0.4, 0.5) is 10.1 Å². The van der Waals surface area contributed by atoms with E-state index in [-0.39, 0.29) is 16.3 Å². The topological polar surface area (TPSA) is 83.6 Å². The monoisotopic (exact) mass is 381 g/mol. The number of hydrogen-bond acceptors (Lipinski definition) is 4. The molecule has 1 amide bonds. The minimum absolute atomic E-state index is 0.123. The van der Waals surface area contributed by atoms with Gasteiger partial charge in [0, 0.05) is 42.5 Å². The van der Waals surface area contributed by atoms with E-state index < -0.39 is 11.7 Å². The van der Waals surface area contributed by atoms with Crippen LogP contribution in [0, 0.1) is 17.1 Å². The molecule has 0 atom stereocenters. The second-order valence-electron chi connectivity index (χ2n) is 5.60. The van der Waals surface area contributed by atoms with Crippen LogP contribution < -0.4 is 5.32 Å². The average Bonchev–Trinajstić information content (AvgIpc) is 3.03. The zero-order chi connectivity index (χ0) is 19.4. The second kappa shape index (κ2) is 7.81. The van der Waals surface area contributed by atoms with E-state index >= 15 is 0 Å². The number of carbonyl (C=O) groups excluding carboxylic acids is 1. The maximum absolute atomic E-state index is 13.2. The lowest BCUT2D eigenvalue weighted by Crippen LogP contribution is -2.13. The van der Waals surface area contributed by atoms with Crippen molar-refractivity contribution in [2.75, 3.05) is 5.32 Å². The van der Waals surface area contributed by atoms with E-state index in [1.807, 2.05) is 6.07 Å². The SMILES string of the molecule is Cn1cc(/C=C(/C#N)C(=O)Nc2ccc(F)c(Cl)c2)c(-c2ccncc2)n1. The van der Waals surface area contributed by atoms with E-state index in [0.29, 0.717) is 11.3 Å². The first-order valence-corrected chi connectivity index (χ1v) is 8.18. The molecule has 1 aromatic carbocycles. The molecule has 0 bridgehead atoms. The van der Waals surface area contributed by atoms with Crippen LogP contribution in [-0.4, -0.2) is 20.7 Å². The van der Waals surface area contributed by atoms with Gasteiger partial charge < -0.3 is 5.32 Å². The first-order chi connectivity index (χ1) is 13.0. The van der Waals surface area contributed by atoms with Crippen LogP contribution in [0.25, 0.3) is 17.3 Å². The molecule has 0 radical (unpaired) electrons. The normalized spacial score (nSPS) is 11.1. The molecule has 0 saturated heterocycles. The minimum atomic E-state index is -0.635. The van der Waals surface area contributed by atoms with Gasteiger partial charge >= 0.3 is 0 Å². The van der Waals surface area contributed by atoms with Crippen LogP contribution in [0.1, 0.15) is 5.56 Å². The molecule has 0 aliphatic carbocycles. The molecule has 0 fully saturated rings. The molecule has 3 aromatic rings. The minimum Gasteiger partial charge on any atom is -0.321 e. The van der Waals surface area contributed by atoms with Crippen molar-refractivity contribution in [2.24, 2.45) is 7.05 Å². The van der Waals surface area contributed by atoms with E-state index in [9.17, 15) is 14.4 Å². The van der Waals surface area contributed by atoms with Crippen molar-refractivity contribution in [1.29, 1.82) is 5.26 Å². The van der Waals surface area contributed by atoms with E-state index in [1.165, 1.54) is 18.2 Å². The summed E-state index contributed by atoms with van der Waals surface area (Å²) in [7, 11) is 1.74. The van der Waals surface area contributed by atoms with Crippen molar-refractivity contribution in [2.45, 2.75) is 0 Å². The van der Waals surface area contributed by atoms with Crippen molar-refractivity contribution < 1.29 is 9.18 Å². The molecule has 2 aromatic heterocycles. The lowest BCUT2D eigenvalue weighted by molar-refractivity contribution is -0.112. The van der Waals surface area contributed by atoms with Crippen molar-refractivity contribution in [3.63, 3.8) is 0 Å². The molecule has 0 saturated carbocycles. The standard InChI is InChI=1S/C19H13ClFN5O/c1-26-11-14(18(25-26)12-4-6-23-7-5-12)8-13(10-22)19(27)24-15-2-3-17(21)16(20)9-15/h2-9,11H,1H3,(H,24,27)/b13-8-. The summed E-state index contributed by atoms with van der Waals surface area (Å²) in [5.74, 6) is -1.23. The number of nitrogens with one attached hydrogen (secondary N) is 1. The fraction of sp³-hybridized carbons (Fsp3) is 0.0526. The zero-order valence-electron chi connectivity index (χ0n) is 14.1. The number of pyridine rings is 1. The predicted octanol–water partition coefficient (Wildman–Crippen LogP) is 3.82. The molecular formula is C19H13ClFN5O. The van der Waals surface area contributed by atoms with Gasteiger partial charge in [-0.1, -0.05) is 11.6 Å². The third kappa shape index (κ3) is 4.19. The summed E-state index contributed by atoms with van der Waals surface area (Å²) in [5.41, 5.74) is 2.18. The van der Waals surface area contributed by atoms with E-state index in [4.69, 9.17) is 11.6 Å². The Hall–Kier alpha value is -3.50. The largest absolute Gasteiger partial charge is 0.321 e. The van der Waals surface area contributed by atoms with Gasteiger partial charge in [0.1, 0.15) is 17.5 Å². The Labute approximate surface area is 159 Å². The van der Waals surface area contributed by atoms with E-state index in [2.05, 4.69) is 15.4 Å². The number of amides is 1. The second-order valence-corrected chi connectivity index (χ2v) is 6.00. The Morgan fingerprint density at radius 2 is 2.07 bits per heavy atom. The smallest absolute Gasteiger partial charge is 0.266 e. The molecule has 27 heavy (non-hydrogen) atoms. The molecule has 0 aliphatic heterocycles. The highest BCUT2D eigenvalue weighted by atomic mass is 35.5. The highest BCUT2D eigenvalue weighted by molar-refractivity contribution is 6.31. The first-order valence-electron chi connectivity index (χ1n) is 7.80. The molecule has 0 aliphatic rings. The summed E-state index contributed by atoms with van der Waals surface area (Å²) >= 11 is 5.71. The van der Waals surface area contributed by atoms with Crippen LogP contribution in [0.15, 0.2) is 54.5 Å². The Bertz CT molecular complexity index is 1070. The molecule has 134 valence electrons. The summed E-state index contributed by atoms with van der Waals surface area (Å²) in [5, 5.41) is 16.2. The molecule has 6 nitrogen and oxygen atoms in total. The Balaban J connectivity index is 1.92. The summed E-state index contributed by atoms with van der Waals surface area (Å²) in [6.07, 6.45) is 6.42.